The smallest absolute Gasteiger partial charge is 0.306 e. The molecular formula is C69H106O6. The number of unbranched alkanes of at least 4 members (excludes halogenated alkanes) is 12. The maximum Gasteiger partial charge on any atom is 0.306 e. The van der Waals surface area contributed by atoms with E-state index in [0.717, 1.165) is 180 Å². The quantitative estimate of drug-likeness (QED) is 0.0261. The first kappa shape index (κ1) is 69.8. The molecule has 6 nitrogen and oxygen atoms in total. The van der Waals surface area contributed by atoms with Gasteiger partial charge in [0, 0.05) is 19.3 Å². The number of esters is 3. The molecule has 0 N–H and O–H groups in total. The van der Waals surface area contributed by atoms with Gasteiger partial charge in [-0.05, 0) is 148 Å². The first-order chi connectivity index (χ1) is 37.0. The highest BCUT2D eigenvalue weighted by molar-refractivity contribution is 5.71. The van der Waals surface area contributed by atoms with E-state index >= 15 is 0 Å². The molecule has 0 saturated heterocycles. The summed E-state index contributed by atoms with van der Waals surface area (Å²) in [7, 11) is 0. The van der Waals surface area contributed by atoms with Crippen LogP contribution in [0.25, 0.3) is 0 Å². The highest BCUT2D eigenvalue weighted by Crippen LogP contribution is 2.12. The third kappa shape index (κ3) is 59.5. The summed E-state index contributed by atoms with van der Waals surface area (Å²) < 4.78 is 16.8. The van der Waals surface area contributed by atoms with Crippen LogP contribution < -0.4 is 0 Å². The second-order valence-corrected chi connectivity index (χ2v) is 18.8. The average molecular weight is 1030 g/mol. The molecule has 1 atom stereocenters. The van der Waals surface area contributed by atoms with Crippen molar-refractivity contribution < 1.29 is 28.6 Å². The van der Waals surface area contributed by atoms with Gasteiger partial charge in [-0.2, -0.15) is 0 Å². The molecule has 0 aromatic carbocycles. The van der Waals surface area contributed by atoms with Crippen molar-refractivity contribution in [3.05, 3.63) is 170 Å². The Kier molecular flexibility index (Phi) is 57.0. The highest BCUT2D eigenvalue weighted by atomic mass is 16.6. The lowest BCUT2D eigenvalue weighted by atomic mass is 10.1. The highest BCUT2D eigenvalue weighted by Gasteiger charge is 2.19. The van der Waals surface area contributed by atoms with E-state index in [0.29, 0.717) is 19.3 Å². The maximum atomic E-state index is 12.9. The van der Waals surface area contributed by atoms with Gasteiger partial charge in [0.1, 0.15) is 13.2 Å². The zero-order chi connectivity index (χ0) is 54.3. The SMILES string of the molecule is CC/C=C\C/C=C\C/C=C\C/C=C\C/C=C\C/C=C\CCCCCCC(=O)OCC(COC(=O)CCCCCCC/C=C\C/C=C\C/C=C\CC)OC(=O)CCCCC/C=C\C/C=C\C/C=C\C/C=C\C/C=C\CC. The zero-order valence-electron chi connectivity index (χ0n) is 47.7. The lowest BCUT2D eigenvalue weighted by molar-refractivity contribution is -0.167. The van der Waals surface area contributed by atoms with Crippen molar-refractivity contribution in [1.29, 1.82) is 0 Å². The molecule has 0 aliphatic heterocycles. The molecule has 0 radical (unpaired) electrons. The Hall–Kier alpha value is -5.23. The second-order valence-electron chi connectivity index (χ2n) is 18.8. The Bertz CT molecular complexity index is 1750. The summed E-state index contributed by atoms with van der Waals surface area (Å²) in [5.41, 5.74) is 0. The number of rotatable bonds is 51. The summed E-state index contributed by atoms with van der Waals surface area (Å²) in [6.45, 7) is 6.22. The fourth-order valence-corrected chi connectivity index (χ4v) is 7.37. The summed E-state index contributed by atoms with van der Waals surface area (Å²) >= 11 is 0. The average Bonchev–Trinajstić information content (AvgIpc) is 3.41. The number of carbonyl (C=O) groups is 3. The minimum Gasteiger partial charge on any atom is -0.462 e. The van der Waals surface area contributed by atoms with Crippen LogP contribution in [0.3, 0.4) is 0 Å². The van der Waals surface area contributed by atoms with Gasteiger partial charge in [0.25, 0.3) is 0 Å². The molecule has 0 aliphatic rings. The number of hydrogen-bond acceptors (Lipinski definition) is 6. The Morgan fingerprint density at radius 2 is 0.480 bits per heavy atom. The monoisotopic (exact) mass is 1030 g/mol. The lowest BCUT2D eigenvalue weighted by Crippen LogP contribution is -2.30. The standard InChI is InChI=1S/C69H106O6/c1-4-7-10-13-16-19-22-25-28-30-32-33-34-35-37-38-41-44-47-50-53-56-59-62-68(71)74-65-66(64-73-67(70)61-58-55-52-49-46-43-40-27-24-21-18-15-12-9-6-3)75-69(72)63-60-57-54-51-48-45-42-39-36-31-29-26-23-20-17-14-11-8-5-2/h7-12,16-21,25-29,32-33,35-37,39-41,44-45,48,66H,4-6,13-15,22-24,30-31,34,38,42-43,46-47,49-65H2,1-3H3/b10-7-,11-8-,12-9-,19-16-,20-17-,21-18-,28-25-,29-26-,33-32-,37-35-,39-36-,40-27-,44-41-,48-45-. The summed E-state index contributed by atoms with van der Waals surface area (Å²) in [4.78, 5) is 38.2. The molecule has 6 heteroatoms. The van der Waals surface area contributed by atoms with Crippen LogP contribution in [0.15, 0.2) is 170 Å². The van der Waals surface area contributed by atoms with Crippen molar-refractivity contribution in [2.24, 2.45) is 0 Å². The third-order valence-electron chi connectivity index (χ3n) is 11.7. The summed E-state index contributed by atoms with van der Waals surface area (Å²) in [6.07, 6.45) is 90.5. The van der Waals surface area contributed by atoms with Gasteiger partial charge in [-0.3, -0.25) is 14.4 Å². The minimum atomic E-state index is -0.825. The zero-order valence-corrected chi connectivity index (χ0v) is 47.7. The molecule has 0 aromatic rings. The molecular weight excluding hydrogens is 925 g/mol. The summed E-state index contributed by atoms with van der Waals surface area (Å²) in [5.74, 6) is -1.00. The van der Waals surface area contributed by atoms with Crippen molar-refractivity contribution in [1.82, 2.24) is 0 Å². The van der Waals surface area contributed by atoms with Gasteiger partial charge >= 0.3 is 17.9 Å². The van der Waals surface area contributed by atoms with Crippen LogP contribution >= 0.6 is 0 Å². The molecule has 0 bridgehead atoms. The van der Waals surface area contributed by atoms with E-state index in [1.807, 2.05) is 0 Å². The molecule has 0 spiro atoms. The van der Waals surface area contributed by atoms with E-state index in [9.17, 15) is 14.4 Å². The van der Waals surface area contributed by atoms with Crippen LogP contribution in [-0.2, 0) is 28.6 Å². The molecule has 0 amide bonds. The van der Waals surface area contributed by atoms with Crippen LogP contribution in [0.5, 0.6) is 0 Å². The molecule has 0 heterocycles. The molecule has 0 saturated carbocycles. The number of ether oxygens (including phenoxy) is 3. The minimum absolute atomic E-state index is 0.118. The molecule has 1 unspecified atom stereocenters. The number of allylic oxidation sites excluding steroid dienone is 28. The maximum absolute atomic E-state index is 12.9. The predicted molar refractivity (Wildman–Crippen MR) is 325 cm³/mol. The van der Waals surface area contributed by atoms with Crippen LogP contribution in [0.1, 0.15) is 226 Å². The largest absolute Gasteiger partial charge is 0.462 e. The van der Waals surface area contributed by atoms with E-state index in [1.54, 1.807) is 0 Å². The molecule has 0 rings (SSSR count). The molecule has 0 aliphatic carbocycles. The lowest BCUT2D eigenvalue weighted by Gasteiger charge is -2.18. The van der Waals surface area contributed by atoms with Gasteiger partial charge in [0.15, 0.2) is 6.10 Å². The van der Waals surface area contributed by atoms with Gasteiger partial charge in [0.05, 0.1) is 0 Å². The predicted octanol–water partition coefficient (Wildman–Crippen LogP) is 20.3. The Morgan fingerprint density at radius 3 is 0.760 bits per heavy atom. The number of hydrogen-bond donors (Lipinski definition) is 0. The Labute approximate surface area is 460 Å². The van der Waals surface area contributed by atoms with Gasteiger partial charge in [-0.15, -0.1) is 0 Å². The summed E-state index contributed by atoms with van der Waals surface area (Å²) in [6, 6.07) is 0. The first-order valence-corrected chi connectivity index (χ1v) is 29.6. The second kappa shape index (κ2) is 61.3. The van der Waals surface area contributed by atoms with E-state index in [1.165, 1.54) is 0 Å². The fourth-order valence-electron chi connectivity index (χ4n) is 7.37. The fraction of sp³-hybridized carbons (Fsp3) is 0.551. The van der Waals surface area contributed by atoms with E-state index in [2.05, 4.69) is 191 Å². The van der Waals surface area contributed by atoms with E-state index in [-0.39, 0.29) is 37.5 Å². The molecule has 75 heavy (non-hydrogen) atoms. The summed E-state index contributed by atoms with van der Waals surface area (Å²) in [5, 5.41) is 0. The van der Waals surface area contributed by atoms with Crippen LogP contribution in [-0.4, -0.2) is 37.2 Å². The van der Waals surface area contributed by atoms with Crippen LogP contribution in [0, 0.1) is 0 Å². The van der Waals surface area contributed by atoms with Crippen molar-refractivity contribution in [2.45, 2.75) is 232 Å². The van der Waals surface area contributed by atoms with Gasteiger partial charge in [-0.1, -0.05) is 229 Å². The van der Waals surface area contributed by atoms with Crippen molar-refractivity contribution >= 4 is 17.9 Å². The van der Waals surface area contributed by atoms with Gasteiger partial charge in [0.2, 0.25) is 0 Å². The van der Waals surface area contributed by atoms with Crippen molar-refractivity contribution in [3.63, 3.8) is 0 Å². The molecule has 418 valence electrons. The molecule has 0 aromatic heterocycles. The third-order valence-corrected chi connectivity index (χ3v) is 11.7. The van der Waals surface area contributed by atoms with E-state index in [4.69, 9.17) is 14.2 Å². The van der Waals surface area contributed by atoms with Gasteiger partial charge < -0.3 is 14.2 Å². The topological polar surface area (TPSA) is 78.9 Å². The van der Waals surface area contributed by atoms with Crippen molar-refractivity contribution in [2.75, 3.05) is 13.2 Å². The Balaban J connectivity index is 4.55. The number of carbonyl (C=O) groups excluding carboxylic acids is 3. The van der Waals surface area contributed by atoms with Crippen molar-refractivity contribution in [3.8, 4) is 0 Å². The Morgan fingerprint density at radius 1 is 0.267 bits per heavy atom. The first-order valence-electron chi connectivity index (χ1n) is 29.6. The molecule has 0 fully saturated rings. The van der Waals surface area contributed by atoms with Crippen LogP contribution in [0.4, 0.5) is 0 Å². The van der Waals surface area contributed by atoms with Gasteiger partial charge in [-0.25, -0.2) is 0 Å². The van der Waals surface area contributed by atoms with E-state index < -0.39 is 6.10 Å². The van der Waals surface area contributed by atoms with Crippen LogP contribution in [0.2, 0.25) is 0 Å². The normalized spacial score (nSPS) is 13.4.